The van der Waals surface area contributed by atoms with Crippen molar-refractivity contribution in [3.05, 3.63) is 179 Å². The van der Waals surface area contributed by atoms with Gasteiger partial charge >= 0.3 is 0 Å². The quantitative estimate of drug-likeness (QED) is 0.0602. The van der Waals surface area contributed by atoms with Crippen molar-refractivity contribution >= 4 is 43.1 Å². The third kappa shape index (κ3) is 8.75. The lowest BCUT2D eigenvalue weighted by Gasteiger charge is -2.33. The summed E-state index contributed by atoms with van der Waals surface area (Å²) in [6, 6.07) is 55.8. The number of rotatable bonds is 18. The molecule has 8 aromatic rings. The van der Waals surface area contributed by atoms with Gasteiger partial charge in [0, 0.05) is 5.41 Å². The highest BCUT2D eigenvalue weighted by Crippen LogP contribution is 2.54. The zero-order valence-corrected chi connectivity index (χ0v) is 35.7. The molecule has 0 spiro atoms. The molecule has 0 bridgehead atoms. The van der Waals surface area contributed by atoms with Crippen molar-refractivity contribution in [1.82, 2.24) is 0 Å². The molecule has 0 fully saturated rings. The number of benzene rings is 8. The van der Waals surface area contributed by atoms with E-state index in [2.05, 4.69) is 159 Å². The molecule has 0 radical (unpaired) electrons. The van der Waals surface area contributed by atoms with Crippen LogP contribution in [0.2, 0.25) is 0 Å². The molecule has 0 aliphatic heterocycles. The Balaban J connectivity index is 0.761. The lowest BCUT2D eigenvalue weighted by molar-refractivity contribution is 0.397. The first-order chi connectivity index (χ1) is 29.0. The van der Waals surface area contributed by atoms with Crippen LogP contribution in [0.3, 0.4) is 0 Å². The summed E-state index contributed by atoms with van der Waals surface area (Å²) in [6.45, 7) is 4.53. The maximum Gasteiger partial charge on any atom is 0.0215 e. The van der Waals surface area contributed by atoms with Crippen molar-refractivity contribution in [2.24, 2.45) is 0 Å². The van der Waals surface area contributed by atoms with Crippen LogP contribution in [-0.2, 0) is 18.3 Å². The van der Waals surface area contributed by atoms with E-state index in [1.165, 1.54) is 179 Å². The Hall–Kier alpha value is -5.20. The number of unbranched alkanes of at least 4 members (excludes halogenated alkanes) is 10. The van der Waals surface area contributed by atoms with Crippen molar-refractivity contribution in [1.29, 1.82) is 0 Å². The molecule has 0 nitrogen and oxygen atoms in total. The van der Waals surface area contributed by atoms with Crippen molar-refractivity contribution in [2.75, 3.05) is 0 Å². The fourth-order valence-corrected chi connectivity index (χ4v) is 10.6. The number of hydrogen-bond donors (Lipinski definition) is 0. The second-order valence-electron chi connectivity index (χ2n) is 18.2. The minimum Gasteiger partial charge on any atom is -0.0616 e. The molecular weight excluding hydrogens is 709 g/mol. The third-order valence-corrected chi connectivity index (χ3v) is 13.8. The van der Waals surface area contributed by atoms with Gasteiger partial charge in [0.05, 0.1) is 0 Å². The smallest absolute Gasteiger partial charge is 0.0215 e. The Kier molecular flexibility index (Phi) is 12.0. The molecule has 9 rings (SSSR count). The summed E-state index contributed by atoms with van der Waals surface area (Å²) in [5, 5.41) is 10.8. The lowest BCUT2D eigenvalue weighted by atomic mass is 9.70. The van der Waals surface area contributed by atoms with Gasteiger partial charge in [0.1, 0.15) is 0 Å². The van der Waals surface area contributed by atoms with Crippen LogP contribution in [0.25, 0.3) is 54.2 Å². The highest BCUT2D eigenvalue weighted by molar-refractivity contribution is 5.99. The maximum absolute atomic E-state index is 2.50. The van der Waals surface area contributed by atoms with E-state index in [1.807, 2.05) is 0 Å². The average Bonchev–Trinajstić information content (AvgIpc) is 3.51. The van der Waals surface area contributed by atoms with Crippen LogP contribution in [0.4, 0.5) is 0 Å². The molecule has 0 heteroatoms. The van der Waals surface area contributed by atoms with Crippen LogP contribution in [0, 0.1) is 13.8 Å². The van der Waals surface area contributed by atoms with Gasteiger partial charge in [-0.2, -0.15) is 0 Å². The van der Waals surface area contributed by atoms with E-state index in [9.17, 15) is 0 Å². The fraction of sp³-hybridized carbons (Fsp3) is 0.322. The summed E-state index contributed by atoms with van der Waals surface area (Å²) in [5.74, 6) is 0. The van der Waals surface area contributed by atoms with Crippen molar-refractivity contribution in [2.45, 2.75) is 122 Å². The maximum atomic E-state index is 2.50. The molecule has 0 unspecified atom stereocenters. The molecule has 0 N–H and O–H groups in total. The third-order valence-electron chi connectivity index (χ3n) is 13.8. The van der Waals surface area contributed by atoms with Gasteiger partial charge in [-0.3, -0.25) is 0 Å². The zero-order valence-electron chi connectivity index (χ0n) is 35.7. The van der Waals surface area contributed by atoms with Gasteiger partial charge in [-0.15, -0.1) is 0 Å². The molecule has 0 heterocycles. The molecular formula is C59H62. The summed E-state index contributed by atoms with van der Waals surface area (Å²) in [5.41, 5.74) is 12.1. The number of aryl methyl sites for hydroxylation is 4. The first-order valence-corrected chi connectivity index (χ1v) is 23.1. The largest absolute Gasteiger partial charge is 0.0616 e. The van der Waals surface area contributed by atoms with E-state index in [-0.39, 0.29) is 5.41 Å². The Morgan fingerprint density at radius 2 is 0.661 bits per heavy atom. The van der Waals surface area contributed by atoms with Gasteiger partial charge in [0.15, 0.2) is 0 Å². The summed E-state index contributed by atoms with van der Waals surface area (Å²) in [6.07, 6.45) is 20.8. The first kappa shape index (κ1) is 39.3. The molecule has 0 aromatic heterocycles. The molecule has 0 atom stereocenters. The standard InChI is InChI=1S/C59H62/c1-43-25-31-57-55(35-43)56-36-44(2)26-32-58(56)59(57,33-17-9-5-3-7-11-19-45-27-29-51-39-47-21-13-15-23-49(47)41-53(51)37-45)34-18-10-6-4-8-12-20-46-28-30-52-40-48-22-14-16-24-50(48)42-54(52)38-46/h13-16,21-32,35-42H,3-12,17-20,33-34H2,1-2H3. The number of fused-ring (bicyclic) bond motifs is 7. The first-order valence-electron chi connectivity index (χ1n) is 23.1. The van der Waals surface area contributed by atoms with Gasteiger partial charge in [-0.1, -0.05) is 197 Å². The van der Waals surface area contributed by atoms with E-state index < -0.39 is 0 Å². The van der Waals surface area contributed by atoms with Gasteiger partial charge in [-0.25, -0.2) is 0 Å². The van der Waals surface area contributed by atoms with Crippen LogP contribution in [0.1, 0.15) is 123 Å². The zero-order chi connectivity index (χ0) is 40.0. The van der Waals surface area contributed by atoms with E-state index >= 15 is 0 Å². The monoisotopic (exact) mass is 770 g/mol. The number of hydrogen-bond acceptors (Lipinski definition) is 0. The minimum atomic E-state index is 0.148. The topological polar surface area (TPSA) is 0 Å². The van der Waals surface area contributed by atoms with E-state index in [1.54, 1.807) is 11.1 Å². The molecule has 59 heavy (non-hydrogen) atoms. The second kappa shape index (κ2) is 18.0. The summed E-state index contributed by atoms with van der Waals surface area (Å²) in [4.78, 5) is 0. The van der Waals surface area contributed by atoms with Crippen LogP contribution >= 0.6 is 0 Å². The van der Waals surface area contributed by atoms with Crippen LogP contribution in [0.15, 0.2) is 146 Å². The van der Waals surface area contributed by atoms with Crippen molar-refractivity contribution < 1.29 is 0 Å². The molecule has 8 aromatic carbocycles. The minimum absolute atomic E-state index is 0.148. The van der Waals surface area contributed by atoms with Crippen LogP contribution in [0.5, 0.6) is 0 Å². The lowest BCUT2D eigenvalue weighted by Crippen LogP contribution is -2.25. The van der Waals surface area contributed by atoms with Gasteiger partial charge in [0.2, 0.25) is 0 Å². The molecule has 0 saturated heterocycles. The summed E-state index contributed by atoms with van der Waals surface area (Å²) < 4.78 is 0. The normalized spacial score (nSPS) is 13.1. The molecule has 1 aliphatic carbocycles. The SMILES string of the molecule is Cc1ccc2c(c1)-c1cc(C)ccc1C2(CCCCCCCCc1ccc2cc3ccccc3cc2c1)CCCCCCCCc1ccc2cc3ccccc3cc2c1. The average molecular weight is 771 g/mol. The van der Waals surface area contributed by atoms with Crippen molar-refractivity contribution in [3.8, 4) is 11.1 Å². The highest BCUT2D eigenvalue weighted by atomic mass is 14.4. The molecule has 1 aliphatic rings. The van der Waals surface area contributed by atoms with Crippen LogP contribution < -0.4 is 0 Å². The Morgan fingerprint density at radius 3 is 1.08 bits per heavy atom. The van der Waals surface area contributed by atoms with E-state index in [0.29, 0.717) is 0 Å². The second-order valence-corrected chi connectivity index (χ2v) is 18.2. The van der Waals surface area contributed by atoms with Gasteiger partial charge < -0.3 is 0 Å². The van der Waals surface area contributed by atoms with E-state index in [0.717, 1.165) is 0 Å². The van der Waals surface area contributed by atoms with Gasteiger partial charge in [-0.05, 0) is 153 Å². The van der Waals surface area contributed by atoms with Gasteiger partial charge in [0.25, 0.3) is 0 Å². The van der Waals surface area contributed by atoms with Crippen molar-refractivity contribution in [3.63, 3.8) is 0 Å². The van der Waals surface area contributed by atoms with Crippen LogP contribution in [-0.4, -0.2) is 0 Å². The Bertz CT molecular complexity index is 2520. The van der Waals surface area contributed by atoms with E-state index in [4.69, 9.17) is 0 Å². The predicted octanol–water partition coefficient (Wildman–Crippen LogP) is 17.1. The summed E-state index contributed by atoms with van der Waals surface area (Å²) >= 11 is 0. The Morgan fingerprint density at radius 1 is 0.305 bits per heavy atom. The highest BCUT2D eigenvalue weighted by Gasteiger charge is 2.42. The Labute approximate surface area is 353 Å². The predicted molar refractivity (Wildman–Crippen MR) is 257 cm³/mol. The molecule has 298 valence electrons. The molecule has 0 saturated carbocycles. The molecule has 0 amide bonds. The summed E-state index contributed by atoms with van der Waals surface area (Å²) in [7, 11) is 0. The fourth-order valence-electron chi connectivity index (χ4n) is 10.6.